The molecule has 3 aromatic rings. The van der Waals surface area contributed by atoms with E-state index in [0.29, 0.717) is 58.6 Å². The van der Waals surface area contributed by atoms with E-state index in [2.05, 4.69) is 20.9 Å². The van der Waals surface area contributed by atoms with Gasteiger partial charge in [0.25, 0.3) is 11.8 Å². The van der Waals surface area contributed by atoms with Crippen molar-refractivity contribution in [2.45, 2.75) is 6.54 Å². The average molecular weight is 555 g/mol. The summed E-state index contributed by atoms with van der Waals surface area (Å²) in [7, 11) is 1.81. The third-order valence-electron chi connectivity index (χ3n) is 5.27. The van der Waals surface area contributed by atoms with E-state index in [0.717, 1.165) is 5.56 Å². The van der Waals surface area contributed by atoms with E-state index in [4.69, 9.17) is 39.5 Å². The molecule has 1 aromatic carbocycles. The first kappa shape index (κ1) is 25.7. The maximum absolute atomic E-state index is 13.6. The monoisotopic (exact) mass is 553 g/mol. The van der Waals surface area contributed by atoms with Crippen LogP contribution in [-0.2, 0) is 11.3 Å². The van der Waals surface area contributed by atoms with Gasteiger partial charge in [-0.2, -0.15) is 0 Å². The molecule has 12 heteroatoms. The van der Waals surface area contributed by atoms with Crippen LogP contribution in [0.5, 0.6) is 0 Å². The van der Waals surface area contributed by atoms with Gasteiger partial charge in [-0.3, -0.25) is 9.59 Å². The summed E-state index contributed by atoms with van der Waals surface area (Å²) in [5, 5.41) is 12.2. The molecule has 0 radical (unpaired) electrons. The minimum atomic E-state index is -0.532. The van der Waals surface area contributed by atoms with Crippen LogP contribution in [0.2, 0.25) is 15.1 Å². The normalized spacial score (nSPS) is 13.5. The number of aromatic nitrogens is 1. The van der Waals surface area contributed by atoms with Gasteiger partial charge in [0.05, 0.1) is 40.1 Å². The fourth-order valence-corrected chi connectivity index (χ4v) is 5.17. The van der Waals surface area contributed by atoms with E-state index in [1.165, 1.54) is 23.6 Å². The summed E-state index contributed by atoms with van der Waals surface area (Å²) in [5.41, 5.74) is 1.69. The van der Waals surface area contributed by atoms with Gasteiger partial charge in [-0.25, -0.2) is 4.98 Å². The molecule has 8 nitrogen and oxygen atoms in total. The topological polar surface area (TPSA) is 95.6 Å². The number of anilines is 3. The number of pyridine rings is 1. The van der Waals surface area contributed by atoms with Crippen molar-refractivity contribution in [3.05, 3.63) is 67.6 Å². The molecule has 1 fully saturated rings. The summed E-state index contributed by atoms with van der Waals surface area (Å²) in [5.74, 6) is -0.719. The molecule has 2 amide bonds. The van der Waals surface area contributed by atoms with E-state index < -0.39 is 11.8 Å². The Kier molecular flexibility index (Phi) is 8.48. The molecule has 0 bridgehead atoms. The van der Waals surface area contributed by atoms with Crippen molar-refractivity contribution in [1.82, 2.24) is 10.3 Å². The highest BCUT2D eigenvalue weighted by Gasteiger charge is 2.27. The fraction of sp³-hybridized carbons (Fsp3) is 0.261. The van der Waals surface area contributed by atoms with Crippen molar-refractivity contribution in [2.24, 2.45) is 0 Å². The largest absolute Gasteiger partial charge is 0.378 e. The summed E-state index contributed by atoms with van der Waals surface area (Å²) >= 11 is 20.1. The number of carbonyl (C=O) groups excluding carboxylic acids is 2. The lowest BCUT2D eigenvalue weighted by atomic mass is 10.0. The Bertz CT molecular complexity index is 1230. The van der Waals surface area contributed by atoms with Crippen molar-refractivity contribution in [1.29, 1.82) is 0 Å². The van der Waals surface area contributed by atoms with Gasteiger partial charge in [-0.05, 0) is 42.3 Å². The fourth-order valence-electron chi connectivity index (χ4n) is 3.64. The molecule has 3 heterocycles. The predicted molar refractivity (Wildman–Crippen MR) is 142 cm³/mol. The van der Waals surface area contributed by atoms with Gasteiger partial charge in [0.1, 0.15) is 10.8 Å². The number of amides is 2. The summed E-state index contributed by atoms with van der Waals surface area (Å²) < 4.78 is 5.46. The minimum absolute atomic E-state index is 0.108. The smallest absolute Gasteiger partial charge is 0.259 e. The van der Waals surface area contributed by atoms with Crippen LogP contribution in [0, 0.1) is 0 Å². The molecule has 4 rings (SSSR count). The SMILES string of the molecule is CNCc1csc(NC(=O)c2c(C(=O)Nc3ccc(Cl)cn3)cc(Cl)cc2N2CCOCC2)c1Cl. The third-order valence-corrected chi connectivity index (χ3v) is 7.20. The second kappa shape index (κ2) is 11.6. The number of rotatable bonds is 7. The molecule has 3 N–H and O–H groups in total. The van der Waals surface area contributed by atoms with E-state index in [1.807, 2.05) is 17.3 Å². The van der Waals surface area contributed by atoms with Gasteiger partial charge >= 0.3 is 0 Å². The number of carbonyl (C=O) groups is 2. The van der Waals surface area contributed by atoms with Gasteiger partial charge in [0.2, 0.25) is 0 Å². The number of halogens is 3. The lowest BCUT2D eigenvalue weighted by Crippen LogP contribution is -2.38. The van der Waals surface area contributed by atoms with Crippen molar-refractivity contribution in [3.63, 3.8) is 0 Å². The van der Waals surface area contributed by atoms with E-state index >= 15 is 0 Å². The second-order valence-corrected chi connectivity index (χ2v) is 9.78. The molecular formula is C23H22Cl3N5O3S. The number of benzene rings is 1. The Labute approximate surface area is 221 Å². The quantitative estimate of drug-likeness (QED) is 0.373. The molecule has 2 aromatic heterocycles. The number of nitrogens with zero attached hydrogens (tertiary/aromatic N) is 2. The van der Waals surface area contributed by atoms with Crippen molar-refractivity contribution in [2.75, 3.05) is 48.9 Å². The first-order valence-electron chi connectivity index (χ1n) is 10.7. The minimum Gasteiger partial charge on any atom is -0.378 e. The Balaban J connectivity index is 1.73. The second-order valence-electron chi connectivity index (χ2n) is 7.65. The Hall–Kier alpha value is -2.40. The van der Waals surface area contributed by atoms with Crippen LogP contribution in [-0.4, -0.2) is 50.1 Å². The molecule has 184 valence electrons. The zero-order valence-electron chi connectivity index (χ0n) is 18.7. The first-order valence-corrected chi connectivity index (χ1v) is 12.7. The van der Waals surface area contributed by atoms with Gasteiger partial charge in [-0.15, -0.1) is 11.3 Å². The molecule has 0 atom stereocenters. The summed E-state index contributed by atoms with van der Waals surface area (Å²) in [6, 6.07) is 6.33. The number of thiophene rings is 1. The highest BCUT2D eigenvalue weighted by Crippen LogP contribution is 2.36. The number of ether oxygens (including phenoxy) is 1. The van der Waals surface area contributed by atoms with Crippen LogP contribution >= 0.6 is 46.1 Å². The standard InChI is InChI=1S/C23H22Cl3N5O3S/c1-27-10-13-12-35-23(20(13)26)30-22(33)19-16(21(32)29-18-3-2-14(24)11-28-18)8-15(25)9-17(19)31-4-6-34-7-5-31/h2-3,8-9,11-12,27H,4-7,10H2,1H3,(H,30,33)(H,28,29,32). The van der Waals surface area contributed by atoms with Crippen LogP contribution in [0.4, 0.5) is 16.5 Å². The van der Waals surface area contributed by atoms with Crippen molar-refractivity contribution < 1.29 is 14.3 Å². The summed E-state index contributed by atoms with van der Waals surface area (Å²) in [4.78, 5) is 33.0. The number of morpholine rings is 1. The van der Waals surface area contributed by atoms with E-state index in [1.54, 1.807) is 18.2 Å². The van der Waals surface area contributed by atoms with Crippen molar-refractivity contribution in [3.8, 4) is 0 Å². The van der Waals surface area contributed by atoms with Crippen molar-refractivity contribution >= 4 is 74.5 Å². The Morgan fingerprint density at radius 3 is 2.54 bits per heavy atom. The lowest BCUT2D eigenvalue weighted by Gasteiger charge is -2.31. The number of hydrogen-bond donors (Lipinski definition) is 3. The molecule has 1 saturated heterocycles. The number of nitrogens with one attached hydrogen (secondary N) is 3. The van der Waals surface area contributed by atoms with E-state index in [9.17, 15) is 9.59 Å². The van der Waals surface area contributed by atoms with Crippen LogP contribution in [0.1, 0.15) is 26.3 Å². The van der Waals surface area contributed by atoms with Gasteiger partial charge in [0.15, 0.2) is 0 Å². The molecule has 0 unspecified atom stereocenters. The average Bonchev–Trinajstić information content (AvgIpc) is 3.19. The van der Waals surface area contributed by atoms with Crippen LogP contribution in [0.25, 0.3) is 0 Å². The van der Waals surface area contributed by atoms with Crippen LogP contribution in [0.15, 0.2) is 35.8 Å². The number of hydrogen-bond acceptors (Lipinski definition) is 7. The third kappa shape index (κ3) is 6.06. The molecule has 1 aliphatic rings. The van der Waals surface area contributed by atoms with E-state index in [-0.39, 0.29) is 16.9 Å². The molecule has 0 aliphatic carbocycles. The lowest BCUT2D eigenvalue weighted by molar-refractivity contribution is 0.0989. The Morgan fingerprint density at radius 1 is 1.09 bits per heavy atom. The van der Waals surface area contributed by atoms with Crippen LogP contribution in [0.3, 0.4) is 0 Å². The van der Waals surface area contributed by atoms with Crippen LogP contribution < -0.4 is 20.9 Å². The Morgan fingerprint density at radius 2 is 1.86 bits per heavy atom. The maximum Gasteiger partial charge on any atom is 0.259 e. The molecule has 35 heavy (non-hydrogen) atoms. The van der Waals surface area contributed by atoms with Gasteiger partial charge in [-0.1, -0.05) is 34.8 Å². The summed E-state index contributed by atoms with van der Waals surface area (Å²) in [6.45, 7) is 2.65. The zero-order valence-corrected chi connectivity index (χ0v) is 21.7. The molecule has 0 spiro atoms. The highest BCUT2D eigenvalue weighted by atomic mass is 35.5. The van der Waals surface area contributed by atoms with Gasteiger partial charge in [0, 0.05) is 30.9 Å². The molecule has 1 aliphatic heterocycles. The first-order chi connectivity index (χ1) is 16.9. The molecule has 0 saturated carbocycles. The zero-order chi connectivity index (χ0) is 24.9. The molecular weight excluding hydrogens is 533 g/mol. The summed E-state index contributed by atoms with van der Waals surface area (Å²) in [6.07, 6.45) is 1.42. The highest BCUT2D eigenvalue weighted by molar-refractivity contribution is 7.15. The predicted octanol–water partition coefficient (Wildman–Crippen LogP) is 5.16. The maximum atomic E-state index is 13.6. The van der Waals surface area contributed by atoms with Gasteiger partial charge < -0.3 is 25.6 Å².